The largest absolute Gasteiger partial charge is 0.389 e. The van der Waals surface area contributed by atoms with E-state index in [9.17, 15) is 0 Å². The minimum absolute atomic E-state index is 0.0394. The molecule has 42 valence electrons. The Bertz CT molecular complexity index is 62.7. The van der Waals surface area contributed by atoms with Crippen molar-refractivity contribution in [3.05, 3.63) is 0 Å². The molecule has 0 aliphatic carbocycles. The first-order chi connectivity index (χ1) is 3.34. The van der Waals surface area contributed by atoms with Crippen molar-refractivity contribution in [2.24, 2.45) is 0 Å². The summed E-state index contributed by atoms with van der Waals surface area (Å²) in [5.74, 6) is 0.282. The fourth-order valence-corrected chi connectivity index (χ4v) is 0.576. The summed E-state index contributed by atoms with van der Waals surface area (Å²) in [6, 6.07) is 0. The quantitative estimate of drug-likeness (QED) is 0.413. The second-order valence-corrected chi connectivity index (χ2v) is 1.90. The van der Waals surface area contributed by atoms with Gasteiger partial charge in [-0.2, -0.15) is 0 Å². The molecule has 1 heterocycles. The fraction of sp³-hybridized carbons (Fsp3) is 1.00. The van der Waals surface area contributed by atoms with Gasteiger partial charge in [0.2, 0.25) is 0 Å². The summed E-state index contributed by atoms with van der Waals surface area (Å²) in [5.41, 5.74) is 0. The lowest BCUT2D eigenvalue weighted by Gasteiger charge is -1.96. The van der Waals surface area contributed by atoms with E-state index in [1.807, 2.05) is 0 Å². The Kier molecular flexibility index (Phi) is 1.52. The molecular weight excluding hydrogens is 115 g/mol. The van der Waals surface area contributed by atoms with Crippen molar-refractivity contribution in [3.8, 4) is 0 Å². The van der Waals surface area contributed by atoms with Crippen LogP contribution in [0.15, 0.2) is 0 Å². The molecule has 2 atom stereocenters. The van der Waals surface area contributed by atoms with E-state index in [0.29, 0.717) is 6.61 Å². The number of epoxide rings is 1. The van der Waals surface area contributed by atoms with Crippen molar-refractivity contribution in [2.75, 3.05) is 12.5 Å². The zero-order valence-corrected chi connectivity index (χ0v) is 4.56. The second-order valence-electron chi connectivity index (χ2n) is 1.59. The Morgan fingerprint density at radius 1 is 2.00 bits per heavy atom. The molecule has 1 aliphatic rings. The zero-order valence-electron chi connectivity index (χ0n) is 3.80. The van der Waals surface area contributed by atoms with Gasteiger partial charge in [-0.25, -0.2) is 0 Å². The van der Waals surface area contributed by atoms with Crippen LogP contribution in [-0.2, 0) is 4.74 Å². The molecule has 1 fully saturated rings. The Balaban J connectivity index is 2.10. The molecule has 0 radical (unpaired) electrons. The number of aliphatic hydroxyl groups is 1. The van der Waals surface area contributed by atoms with Crippen molar-refractivity contribution < 1.29 is 9.84 Å². The molecular formula is C4H7ClO2. The van der Waals surface area contributed by atoms with Gasteiger partial charge in [-0.15, -0.1) is 11.6 Å². The third-order valence-electron chi connectivity index (χ3n) is 0.946. The van der Waals surface area contributed by atoms with Gasteiger partial charge in [-0.1, -0.05) is 0 Å². The Labute approximate surface area is 47.0 Å². The fourth-order valence-electron chi connectivity index (χ4n) is 0.377. The van der Waals surface area contributed by atoms with Gasteiger partial charge in [-0.05, 0) is 0 Å². The second kappa shape index (κ2) is 1.99. The molecule has 3 heteroatoms. The molecule has 1 N–H and O–H groups in total. The van der Waals surface area contributed by atoms with Crippen LogP contribution >= 0.6 is 11.6 Å². The molecule has 0 spiro atoms. The summed E-state index contributed by atoms with van der Waals surface area (Å²) < 4.78 is 4.73. The van der Waals surface area contributed by atoms with E-state index in [-0.39, 0.29) is 12.0 Å². The van der Waals surface area contributed by atoms with E-state index in [4.69, 9.17) is 21.4 Å². The lowest BCUT2D eigenvalue weighted by atomic mass is 10.3. The van der Waals surface area contributed by atoms with Crippen LogP contribution in [0.25, 0.3) is 0 Å². The minimum atomic E-state index is -0.443. The van der Waals surface area contributed by atoms with Crippen LogP contribution in [0, 0.1) is 0 Å². The van der Waals surface area contributed by atoms with E-state index >= 15 is 0 Å². The summed E-state index contributed by atoms with van der Waals surface area (Å²) in [4.78, 5) is 0. The molecule has 0 saturated carbocycles. The molecule has 1 saturated heterocycles. The highest BCUT2D eigenvalue weighted by molar-refractivity contribution is 6.18. The van der Waals surface area contributed by atoms with Crippen LogP contribution in [-0.4, -0.2) is 29.8 Å². The number of aliphatic hydroxyl groups excluding tert-OH is 1. The third-order valence-corrected chi connectivity index (χ3v) is 1.26. The maximum absolute atomic E-state index is 8.74. The van der Waals surface area contributed by atoms with Gasteiger partial charge < -0.3 is 9.84 Å². The first-order valence-corrected chi connectivity index (χ1v) is 2.73. The molecule has 2 nitrogen and oxygen atoms in total. The summed E-state index contributed by atoms with van der Waals surface area (Å²) in [7, 11) is 0. The highest BCUT2D eigenvalue weighted by atomic mass is 35.5. The van der Waals surface area contributed by atoms with Crippen molar-refractivity contribution in [2.45, 2.75) is 12.2 Å². The molecule has 0 aromatic heterocycles. The third kappa shape index (κ3) is 1.30. The van der Waals surface area contributed by atoms with E-state index in [2.05, 4.69) is 0 Å². The van der Waals surface area contributed by atoms with Gasteiger partial charge in [0, 0.05) is 0 Å². The van der Waals surface area contributed by atoms with Gasteiger partial charge in [0.15, 0.2) is 0 Å². The molecule has 0 bridgehead atoms. The molecule has 0 aromatic carbocycles. The summed E-state index contributed by atoms with van der Waals surface area (Å²) in [6.45, 7) is 0.674. The molecule has 0 aromatic rings. The number of hydrogen-bond donors (Lipinski definition) is 1. The highest BCUT2D eigenvalue weighted by Gasteiger charge is 2.30. The van der Waals surface area contributed by atoms with Crippen molar-refractivity contribution in [1.29, 1.82) is 0 Å². The maximum atomic E-state index is 8.74. The van der Waals surface area contributed by atoms with Crippen molar-refractivity contribution in [1.82, 2.24) is 0 Å². The maximum Gasteiger partial charge on any atom is 0.108 e. The normalized spacial score (nSPS) is 32.6. The number of ether oxygens (including phenoxy) is 1. The number of rotatable bonds is 2. The number of hydrogen-bond acceptors (Lipinski definition) is 2. The SMILES string of the molecule is OC(CCl)C1CO1. The van der Waals surface area contributed by atoms with Gasteiger partial charge in [0.05, 0.1) is 18.6 Å². The molecule has 1 aliphatic heterocycles. The highest BCUT2D eigenvalue weighted by Crippen LogP contribution is 2.14. The molecule has 7 heavy (non-hydrogen) atoms. The average molecular weight is 123 g/mol. The lowest BCUT2D eigenvalue weighted by Crippen LogP contribution is -2.15. The Hall–Kier alpha value is 0.210. The van der Waals surface area contributed by atoms with E-state index in [1.165, 1.54) is 0 Å². The van der Waals surface area contributed by atoms with Crippen LogP contribution in [0.5, 0.6) is 0 Å². The standard InChI is InChI=1S/C4H7ClO2/c5-1-3(6)4-2-7-4/h3-4,6H,1-2H2. The molecule has 0 amide bonds. The predicted molar refractivity (Wildman–Crippen MR) is 26.5 cm³/mol. The van der Waals surface area contributed by atoms with Gasteiger partial charge in [-0.3, -0.25) is 0 Å². The van der Waals surface area contributed by atoms with E-state index in [1.54, 1.807) is 0 Å². The first kappa shape index (κ1) is 5.35. The number of alkyl halides is 1. The minimum Gasteiger partial charge on any atom is -0.389 e. The summed E-state index contributed by atoms with van der Waals surface area (Å²) >= 11 is 5.26. The summed E-state index contributed by atoms with van der Waals surface area (Å²) in [5, 5.41) is 8.74. The van der Waals surface area contributed by atoms with Crippen LogP contribution in [0.1, 0.15) is 0 Å². The van der Waals surface area contributed by atoms with Crippen molar-refractivity contribution in [3.63, 3.8) is 0 Å². The summed E-state index contributed by atoms with van der Waals surface area (Å²) in [6.07, 6.45) is -0.404. The van der Waals surface area contributed by atoms with E-state index in [0.717, 1.165) is 0 Å². The Morgan fingerprint density at radius 3 is 2.71 bits per heavy atom. The lowest BCUT2D eigenvalue weighted by molar-refractivity contribution is 0.156. The van der Waals surface area contributed by atoms with Crippen LogP contribution in [0.4, 0.5) is 0 Å². The molecule has 2 unspecified atom stereocenters. The van der Waals surface area contributed by atoms with Gasteiger partial charge in [0.1, 0.15) is 6.10 Å². The smallest absolute Gasteiger partial charge is 0.108 e. The zero-order chi connectivity index (χ0) is 5.28. The van der Waals surface area contributed by atoms with E-state index < -0.39 is 6.10 Å². The first-order valence-electron chi connectivity index (χ1n) is 2.20. The monoisotopic (exact) mass is 122 g/mol. The van der Waals surface area contributed by atoms with Crippen LogP contribution < -0.4 is 0 Å². The Morgan fingerprint density at radius 2 is 2.57 bits per heavy atom. The van der Waals surface area contributed by atoms with Gasteiger partial charge in [0.25, 0.3) is 0 Å². The van der Waals surface area contributed by atoms with Gasteiger partial charge >= 0.3 is 0 Å². The predicted octanol–water partition coefficient (Wildman–Crippen LogP) is -0.0151. The van der Waals surface area contributed by atoms with Crippen LogP contribution in [0.3, 0.4) is 0 Å². The molecule has 1 rings (SSSR count). The van der Waals surface area contributed by atoms with Crippen LogP contribution in [0.2, 0.25) is 0 Å². The number of halogens is 1. The van der Waals surface area contributed by atoms with Crippen molar-refractivity contribution >= 4 is 11.6 Å². The average Bonchev–Trinajstić information content (AvgIpc) is 2.44. The topological polar surface area (TPSA) is 32.8 Å².